The third kappa shape index (κ3) is 4.60. The molecule has 0 aromatic heterocycles. The van der Waals surface area contributed by atoms with Crippen LogP contribution in [0.4, 0.5) is 13.2 Å². The predicted octanol–water partition coefficient (Wildman–Crippen LogP) is 4.91. The van der Waals surface area contributed by atoms with Gasteiger partial charge in [0.1, 0.15) is 0 Å². The van der Waals surface area contributed by atoms with Gasteiger partial charge in [0, 0.05) is 25.1 Å². The van der Waals surface area contributed by atoms with Crippen LogP contribution < -0.4 is 5.32 Å². The minimum absolute atomic E-state index is 0.0663. The highest BCUT2D eigenvalue weighted by Gasteiger charge is 2.71. The molecule has 2 amide bonds. The number of alkyl halides is 3. The smallest absolute Gasteiger partial charge is 0.330 e. The number of halogens is 3. The summed E-state index contributed by atoms with van der Waals surface area (Å²) < 4.78 is 43.9. The van der Waals surface area contributed by atoms with E-state index in [1.165, 1.54) is 0 Å². The lowest BCUT2D eigenvalue weighted by Crippen LogP contribution is -2.66. The highest BCUT2D eigenvalue weighted by Crippen LogP contribution is 2.51. The van der Waals surface area contributed by atoms with E-state index in [0.717, 1.165) is 37.0 Å². The highest BCUT2D eigenvalue weighted by molar-refractivity contribution is 6.13. The van der Waals surface area contributed by atoms with E-state index in [1.807, 2.05) is 19.2 Å². The fourth-order valence-corrected chi connectivity index (χ4v) is 5.47. The molecule has 0 aromatic carbocycles. The van der Waals surface area contributed by atoms with Crippen molar-refractivity contribution in [3.05, 3.63) is 11.3 Å². The molecule has 3 aliphatic rings. The molecule has 0 saturated heterocycles. The van der Waals surface area contributed by atoms with Crippen LogP contribution in [0.1, 0.15) is 85.5 Å². The number of Topliss-reactive ketones (excluding diaryl/α,β-unsaturated/α-hetero) is 1. The first-order valence-electron chi connectivity index (χ1n) is 11.7. The Morgan fingerprint density at radius 3 is 2.31 bits per heavy atom. The van der Waals surface area contributed by atoms with Crippen LogP contribution in [0.25, 0.3) is 0 Å². The molecule has 1 atom stereocenters. The molecule has 0 aromatic rings. The zero-order chi connectivity index (χ0) is 23.9. The average molecular weight is 457 g/mol. The highest BCUT2D eigenvalue weighted by atomic mass is 19.4. The van der Waals surface area contributed by atoms with Gasteiger partial charge in [-0.25, -0.2) is 0 Å². The van der Waals surface area contributed by atoms with Gasteiger partial charge in [0.25, 0.3) is 5.91 Å². The number of allylic oxidation sites excluding steroid dienone is 1. The summed E-state index contributed by atoms with van der Waals surface area (Å²) in [6, 6.07) is 0. The molecule has 0 bridgehead atoms. The molecule has 3 rings (SSSR count). The molecule has 0 spiro atoms. The monoisotopic (exact) mass is 456 g/mol. The van der Waals surface area contributed by atoms with E-state index in [0.29, 0.717) is 12.3 Å². The topological polar surface area (TPSA) is 66.5 Å². The Morgan fingerprint density at radius 1 is 1.12 bits per heavy atom. The number of hydrogen-bond donors (Lipinski definition) is 1. The molecule has 180 valence electrons. The van der Waals surface area contributed by atoms with Crippen LogP contribution in [0, 0.1) is 17.3 Å². The van der Waals surface area contributed by atoms with Crippen molar-refractivity contribution in [2.24, 2.45) is 17.3 Å². The third-order valence-electron chi connectivity index (χ3n) is 6.92. The third-order valence-corrected chi connectivity index (χ3v) is 6.92. The van der Waals surface area contributed by atoms with Crippen LogP contribution in [0.5, 0.6) is 0 Å². The van der Waals surface area contributed by atoms with Gasteiger partial charge in [-0.15, -0.1) is 0 Å². The van der Waals surface area contributed by atoms with Crippen molar-refractivity contribution in [3.8, 4) is 0 Å². The summed E-state index contributed by atoms with van der Waals surface area (Å²) in [6.07, 6.45) is 0.627. The molecule has 1 aliphatic heterocycles. The van der Waals surface area contributed by atoms with Gasteiger partial charge in [-0.3, -0.25) is 14.4 Å². The van der Waals surface area contributed by atoms with Crippen molar-refractivity contribution >= 4 is 17.6 Å². The molecule has 0 unspecified atom stereocenters. The standard InChI is InChI=1S/C24H35F3N2O3/c1-15(2)14-29-17-12-22(3,4)13-18(30)20(17)23(21(29)32,24(25,26)27)28-19(31)11-10-16-8-6-5-7-9-16/h15-16H,5-14H2,1-4H3,(H,28,31)/t23-/m0/s1. The lowest BCUT2D eigenvalue weighted by atomic mass is 9.72. The Bertz CT molecular complexity index is 810. The fraction of sp³-hybridized carbons (Fsp3) is 0.792. The molecule has 5 nitrogen and oxygen atoms in total. The van der Waals surface area contributed by atoms with E-state index in [4.69, 9.17) is 0 Å². The van der Waals surface area contributed by atoms with Crippen LogP contribution in [0.2, 0.25) is 0 Å². The summed E-state index contributed by atoms with van der Waals surface area (Å²) in [6.45, 7) is 7.29. The Hall–Kier alpha value is -1.86. The number of amides is 2. The normalized spacial score (nSPS) is 26.7. The summed E-state index contributed by atoms with van der Waals surface area (Å²) in [7, 11) is 0. The van der Waals surface area contributed by atoms with Crippen molar-refractivity contribution in [1.82, 2.24) is 10.2 Å². The second-order valence-electron chi connectivity index (χ2n) is 10.9. The minimum atomic E-state index is -5.12. The molecular weight excluding hydrogens is 421 g/mol. The molecule has 32 heavy (non-hydrogen) atoms. The van der Waals surface area contributed by atoms with E-state index in [1.54, 1.807) is 13.8 Å². The van der Waals surface area contributed by atoms with E-state index >= 15 is 0 Å². The van der Waals surface area contributed by atoms with Gasteiger partial charge in [-0.2, -0.15) is 13.2 Å². The Balaban J connectivity index is 1.97. The van der Waals surface area contributed by atoms with Crippen molar-refractivity contribution in [3.63, 3.8) is 0 Å². The van der Waals surface area contributed by atoms with E-state index in [-0.39, 0.29) is 37.4 Å². The molecule has 8 heteroatoms. The Labute approximate surface area is 188 Å². The summed E-state index contributed by atoms with van der Waals surface area (Å²) in [5, 5.41) is 2.05. The van der Waals surface area contributed by atoms with Crippen LogP contribution in [-0.4, -0.2) is 40.8 Å². The van der Waals surface area contributed by atoms with Crippen molar-refractivity contribution in [2.75, 3.05) is 6.54 Å². The number of carbonyl (C=O) groups excluding carboxylic acids is 3. The molecule has 2 aliphatic carbocycles. The number of hydrogen-bond acceptors (Lipinski definition) is 3. The van der Waals surface area contributed by atoms with Crippen LogP contribution in [0.3, 0.4) is 0 Å². The maximum atomic E-state index is 14.6. The first-order valence-corrected chi connectivity index (χ1v) is 11.7. The van der Waals surface area contributed by atoms with Gasteiger partial charge in [0.05, 0.1) is 5.57 Å². The van der Waals surface area contributed by atoms with Crippen LogP contribution in [-0.2, 0) is 14.4 Å². The SMILES string of the molecule is CC(C)CN1C(=O)[C@](NC(=O)CCC2CCCCC2)(C(F)(F)F)C2=C1CC(C)(C)CC2=O. The summed E-state index contributed by atoms with van der Waals surface area (Å²) in [4.78, 5) is 40.3. The van der Waals surface area contributed by atoms with Crippen molar-refractivity contribution in [1.29, 1.82) is 0 Å². The van der Waals surface area contributed by atoms with Crippen LogP contribution >= 0.6 is 0 Å². The molecule has 1 saturated carbocycles. The fourth-order valence-electron chi connectivity index (χ4n) is 5.47. The number of ketones is 1. The van der Waals surface area contributed by atoms with Gasteiger partial charge in [-0.05, 0) is 30.1 Å². The molecule has 1 heterocycles. The summed E-state index contributed by atoms with van der Waals surface area (Å²) >= 11 is 0. The Kier molecular flexibility index (Phi) is 6.83. The maximum Gasteiger partial charge on any atom is 0.425 e. The zero-order valence-corrected chi connectivity index (χ0v) is 19.5. The van der Waals surface area contributed by atoms with Gasteiger partial charge < -0.3 is 10.2 Å². The minimum Gasteiger partial charge on any atom is -0.330 e. The lowest BCUT2D eigenvalue weighted by Gasteiger charge is -2.35. The second-order valence-corrected chi connectivity index (χ2v) is 10.9. The van der Waals surface area contributed by atoms with E-state index in [2.05, 4.69) is 0 Å². The first-order chi connectivity index (χ1) is 14.8. The number of rotatable bonds is 6. The lowest BCUT2D eigenvalue weighted by molar-refractivity contribution is -0.194. The quantitative estimate of drug-likeness (QED) is 0.618. The molecular formula is C24H35F3N2O3. The van der Waals surface area contributed by atoms with E-state index < -0.39 is 40.3 Å². The summed E-state index contributed by atoms with van der Waals surface area (Å²) in [5.74, 6) is -2.56. The van der Waals surface area contributed by atoms with Gasteiger partial charge >= 0.3 is 6.18 Å². The molecule has 1 N–H and O–H groups in total. The van der Waals surface area contributed by atoms with Gasteiger partial charge in [0.2, 0.25) is 11.4 Å². The first kappa shape index (κ1) is 24.8. The van der Waals surface area contributed by atoms with Crippen molar-refractivity contribution < 1.29 is 27.6 Å². The molecule has 0 radical (unpaired) electrons. The van der Waals surface area contributed by atoms with Crippen LogP contribution in [0.15, 0.2) is 11.3 Å². The van der Waals surface area contributed by atoms with E-state index in [9.17, 15) is 27.6 Å². The number of carbonyl (C=O) groups is 3. The molecule has 1 fully saturated rings. The maximum absolute atomic E-state index is 14.6. The zero-order valence-electron chi connectivity index (χ0n) is 19.5. The second kappa shape index (κ2) is 8.82. The average Bonchev–Trinajstić information content (AvgIpc) is 2.89. The summed E-state index contributed by atoms with van der Waals surface area (Å²) in [5.41, 5.74) is -4.29. The number of nitrogens with zero attached hydrogens (tertiary/aromatic N) is 1. The Morgan fingerprint density at radius 2 is 1.75 bits per heavy atom. The van der Waals surface area contributed by atoms with Crippen molar-refractivity contribution in [2.45, 2.75) is 97.2 Å². The predicted molar refractivity (Wildman–Crippen MR) is 114 cm³/mol. The number of nitrogens with one attached hydrogen (secondary N) is 1. The van der Waals surface area contributed by atoms with Gasteiger partial charge in [-0.1, -0.05) is 59.8 Å². The van der Waals surface area contributed by atoms with Gasteiger partial charge in [0.15, 0.2) is 5.78 Å². The largest absolute Gasteiger partial charge is 0.425 e.